The van der Waals surface area contributed by atoms with E-state index in [0.29, 0.717) is 24.1 Å². The van der Waals surface area contributed by atoms with E-state index in [1.807, 2.05) is 84.9 Å². The van der Waals surface area contributed by atoms with Gasteiger partial charge in [0.15, 0.2) is 5.76 Å². The molecule has 5 rings (SSSR count). The molecule has 35 heavy (non-hydrogen) atoms. The Morgan fingerprint density at radius 1 is 0.914 bits per heavy atom. The Morgan fingerprint density at radius 2 is 1.57 bits per heavy atom. The van der Waals surface area contributed by atoms with Gasteiger partial charge in [0.1, 0.15) is 5.75 Å². The highest BCUT2D eigenvalue weighted by Crippen LogP contribution is 2.29. The number of nitrogens with zero attached hydrogens (tertiary/aromatic N) is 3. The van der Waals surface area contributed by atoms with Crippen LogP contribution in [0.1, 0.15) is 27.4 Å². The zero-order chi connectivity index (χ0) is 24.0. The lowest BCUT2D eigenvalue weighted by molar-refractivity contribution is 0.0879. The van der Waals surface area contributed by atoms with Crippen LogP contribution in [0, 0.1) is 0 Å². The Morgan fingerprint density at radius 3 is 2.20 bits per heavy atom. The van der Waals surface area contributed by atoms with Gasteiger partial charge < -0.3 is 14.5 Å². The molecule has 7 nitrogen and oxygen atoms in total. The summed E-state index contributed by atoms with van der Waals surface area (Å²) in [5, 5.41) is 7.82. The summed E-state index contributed by atoms with van der Waals surface area (Å²) in [6, 6.07) is 30.6. The van der Waals surface area contributed by atoms with Gasteiger partial charge in [-0.3, -0.25) is 4.79 Å². The van der Waals surface area contributed by atoms with Crippen LogP contribution in [0.3, 0.4) is 0 Å². The molecule has 3 aromatic carbocycles. The molecule has 0 bridgehead atoms. The molecule has 0 saturated heterocycles. The van der Waals surface area contributed by atoms with Gasteiger partial charge in [-0.25, -0.2) is 0 Å². The van der Waals surface area contributed by atoms with Crippen LogP contribution in [0.5, 0.6) is 5.75 Å². The van der Waals surface area contributed by atoms with Gasteiger partial charge in [-0.2, -0.15) is 9.67 Å². The summed E-state index contributed by atoms with van der Waals surface area (Å²) in [4.78, 5) is 18.6. The summed E-state index contributed by atoms with van der Waals surface area (Å²) < 4.78 is 12.3. The van der Waals surface area contributed by atoms with Crippen molar-refractivity contribution in [3.05, 3.63) is 120 Å². The van der Waals surface area contributed by atoms with E-state index in [4.69, 9.17) is 9.15 Å². The topological polar surface area (TPSA) is 82.2 Å². The smallest absolute Gasteiger partial charge is 0.262 e. The lowest BCUT2D eigenvalue weighted by Gasteiger charge is -2.18. The number of carbonyl (C=O) groups is 1. The van der Waals surface area contributed by atoms with Crippen molar-refractivity contribution < 1.29 is 13.9 Å². The van der Waals surface area contributed by atoms with E-state index in [1.165, 1.54) is 4.68 Å². The Hall–Kier alpha value is -4.65. The van der Waals surface area contributed by atoms with Crippen LogP contribution in [0.2, 0.25) is 0 Å². The van der Waals surface area contributed by atoms with Crippen LogP contribution in [0.15, 0.2) is 108 Å². The maximum Gasteiger partial charge on any atom is 0.262 e. The highest BCUT2D eigenvalue weighted by molar-refractivity contribution is 5.90. The molecule has 0 aliphatic rings. The van der Waals surface area contributed by atoms with Crippen LogP contribution in [-0.4, -0.2) is 27.8 Å². The first kappa shape index (κ1) is 22.2. The van der Waals surface area contributed by atoms with Gasteiger partial charge in [0, 0.05) is 12.1 Å². The van der Waals surface area contributed by atoms with E-state index in [1.54, 1.807) is 25.5 Å². The first-order valence-corrected chi connectivity index (χ1v) is 11.3. The van der Waals surface area contributed by atoms with Gasteiger partial charge in [-0.1, -0.05) is 78.9 Å². The number of carbonyl (C=O) groups excluding carboxylic acids is 1. The van der Waals surface area contributed by atoms with Crippen molar-refractivity contribution in [1.82, 2.24) is 14.8 Å². The number of ether oxygens (including phenoxy) is 1. The van der Waals surface area contributed by atoms with Crippen LogP contribution in [0.4, 0.5) is 5.95 Å². The number of rotatable bonds is 8. The van der Waals surface area contributed by atoms with Crippen LogP contribution >= 0.6 is 0 Å². The molecule has 0 amide bonds. The fourth-order valence-corrected chi connectivity index (χ4v) is 4.00. The number of para-hydroxylation sites is 1. The van der Waals surface area contributed by atoms with Crippen LogP contribution in [0.25, 0.3) is 11.6 Å². The summed E-state index contributed by atoms with van der Waals surface area (Å²) in [5.74, 6) is 1.09. The number of methoxy groups -OCH3 is 1. The SMILES string of the molecule is COc1ccccc1CNc1nc(-c2ccco2)nn1C(=O)C(c1ccccc1)c1ccccc1. The van der Waals surface area contributed by atoms with Crippen molar-refractivity contribution in [1.29, 1.82) is 0 Å². The second-order valence-corrected chi connectivity index (χ2v) is 7.91. The lowest BCUT2D eigenvalue weighted by Crippen LogP contribution is -2.24. The fourth-order valence-electron chi connectivity index (χ4n) is 4.00. The van der Waals surface area contributed by atoms with E-state index in [2.05, 4.69) is 15.4 Å². The number of aromatic nitrogens is 3. The van der Waals surface area contributed by atoms with Crippen molar-refractivity contribution in [2.24, 2.45) is 0 Å². The van der Waals surface area contributed by atoms with Crippen molar-refractivity contribution >= 4 is 11.9 Å². The number of nitrogens with one attached hydrogen (secondary N) is 1. The minimum Gasteiger partial charge on any atom is -0.496 e. The van der Waals surface area contributed by atoms with Gasteiger partial charge in [0.05, 0.1) is 19.3 Å². The quantitative estimate of drug-likeness (QED) is 0.320. The third-order valence-corrected chi connectivity index (χ3v) is 5.70. The molecule has 0 aliphatic heterocycles. The maximum absolute atomic E-state index is 14.0. The average Bonchev–Trinajstić information content (AvgIpc) is 3.59. The van der Waals surface area contributed by atoms with Gasteiger partial charge >= 0.3 is 0 Å². The molecule has 7 heteroatoms. The first-order valence-electron chi connectivity index (χ1n) is 11.3. The van der Waals surface area contributed by atoms with Gasteiger partial charge in [0.2, 0.25) is 11.8 Å². The van der Waals surface area contributed by atoms with E-state index < -0.39 is 5.92 Å². The second-order valence-electron chi connectivity index (χ2n) is 7.91. The van der Waals surface area contributed by atoms with Gasteiger partial charge in [0.25, 0.3) is 5.91 Å². The van der Waals surface area contributed by atoms with E-state index in [-0.39, 0.29) is 5.91 Å². The largest absolute Gasteiger partial charge is 0.496 e. The highest BCUT2D eigenvalue weighted by atomic mass is 16.5. The van der Waals surface area contributed by atoms with Crippen molar-refractivity contribution in [3.63, 3.8) is 0 Å². The van der Waals surface area contributed by atoms with Crippen molar-refractivity contribution in [3.8, 4) is 17.3 Å². The number of benzene rings is 3. The predicted molar refractivity (Wildman–Crippen MR) is 133 cm³/mol. The van der Waals surface area contributed by atoms with E-state index in [0.717, 1.165) is 22.4 Å². The van der Waals surface area contributed by atoms with Crippen LogP contribution < -0.4 is 10.1 Å². The normalized spacial score (nSPS) is 10.9. The molecule has 0 aliphatic carbocycles. The summed E-state index contributed by atoms with van der Waals surface area (Å²) >= 11 is 0. The number of furan rings is 1. The molecule has 0 fully saturated rings. The Kier molecular flexibility index (Phi) is 6.39. The molecular formula is C28H24N4O3. The summed E-state index contributed by atoms with van der Waals surface area (Å²) in [7, 11) is 1.63. The molecule has 2 aromatic heterocycles. The monoisotopic (exact) mass is 464 g/mol. The zero-order valence-corrected chi connectivity index (χ0v) is 19.2. The zero-order valence-electron chi connectivity index (χ0n) is 19.2. The van der Waals surface area contributed by atoms with Gasteiger partial charge in [-0.05, 0) is 29.3 Å². The third-order valence-electron chi connectivity index (χ3n) is 5.70. The summed E-state index contributed by atoms with van der Waals surface area (Å²) in [6.45, 7) is 0.398. The molecule has 0 saturated carbocycles. The van der Waals surface area contributed by atoms with Crippen LogP contribution in [-0.2, 0) is 6.54 Å². The number of hydrogen-bond donors (Lipinski definition) is 1. The van der Waals surface area contributed by atoms with E-state index in [9.17, 15) is 4.79 Å². The summed E-state index contributed by atoms with van der Waals surface area (Å²) in [6.07, 6.45) is 1.55. The minimum absolute atomic E-state index is 0.227. The molecule has 0 spiro atoms. The highest BCUT2D eigenvalue weighted by Gasteiger charge is 2.28. The Labute approximate surface area is 203 Å². The minimum atomic E-state index is -0.560. The molecule has 2 heterocycles. The average molecular weight is 465 g/mol. The number of anilines is 1. The van der Waals surface area contributed by atoms with Crippen molar-refractivity contribution in [2.75, 3.05) is 12.4 Å². The first-order chi connectivity index (χ1) is 17.2. The Balaban J connectivity index is 1.55. The molecule has 0 atom stereocenters. The molecule has 174 valence electrons. The molecule has 5 aromatic rings. The van der Waals surface area contributed by atoms with E-state index >= 15 is 0 Å². The standard InChI is InChI=1S/C28H24N4O3/c1-34-23-16-9-8-15-22(23)19-29-28-30-26(24-17-10-18-35-24)31-32(28)27(33)25(20-11-4-2-5-12-20)21-13-6-3-7-14-21/h2-18,25H,19H2,1H3,(H,29,30,31). The molecular weight excluding hydrogens is 440 g/mol. The maximum atomic E-state index is 14.0. The Bertz CT molecular complexity index is 1360. The molecule has 1 N–H and O–H groups in total. The molecule has 0 unspecified atom stereocenters. The second kappa shape index (κ2) is 10.1. The third kappa shape index (κ3) is 4.70. The predicted octanol–water partition coefficient (Wildman–Crippen LogP) is 5.63. The van der Waals surface area contributed by atoms with Gasteiger partial charge in [-0.15, -0.1) is 5.10 Å². The summed E-state index contributed by atoms with van der Waals surface area (Å²) in [5.41, 5.74) is 2.67. The fraction of sp³-hybridized carbons (Fsp3) is 0.107. The number of hydrogen-bond acceptors (Lipinski definition) is 6. The van der Waals surface area contributed by atoms with Crippen molar-refractivity contribution in [2.45, 2.75) is 12.5 Å². The lowest BCUT2D eigenvalue weighted by atomic mass is 9.90. The molecule has 0 radical (unpaired) electrons.